The number of nitro benzene ring substituents is 2. The lowest BCUT2D eigenvalue weighted by Gasteiger charge is -2.11. The van der Waals surface area contributed by atoms with Gasteiger partial charge in [-0.2, -0.15) is 0 Å². The molecule has 0 amide bonds. The summed E-state index contributed by atoms with van der Waals surface area (Å²) in [6.07, 6.45) is 0. The number of benzene rings is 4. The first kappa shape index (κ1) is 29.9. The van der Waals surface area contributed by atoms with Crippen LogP contribution in [0.1, 0.15) is 15.9 Å². The number of ketones is 1. The van der Waals surface area contributed by atoms with Crippen LogP contribution in [0.3, 0.4) is 0 Å². The van der Waals surface area contributed by atoms with Crippen molar-refractivity contribution in [3.63, 3.8) is 0 Å². The van der Waals surface area contributed by atoms with E-state index >= 15 is 0 Å². The number of fused-ring (bicyclic) bond motifs is 3. The number of anilines is 2. The largest absolute Gasteiger partial charge is 0.497 e. The Morgan fingerprint density at radius 2 is 0.955 bits per heavy atom. The molecule has 1 aliphatic rings. The van der Waals surface area contributed by atoms with Gasteiger partial charge in [-0.25, -0.2) is 16.8 Å². The molecule has 2 N–H and O–H groups in total. The molecular formula is C27H20N4O11S2. The van der Waals surface area contributed by atoms with E-state index in [0.717, 1.165) is 12.1 Å². The van der Waals surface area contributed by atoms with Crippen molar-refractivity contribution in [2.24, 2.45) is 0 Å². The van der Waals surface area contributed by atoms with Crippen LogP contribution in [0.15, 0.2) is 82.6 Å². The Bertz CT molecular complexity index is 1930. The molecule has 0 spiro atoms. The summed E-state index contributed by atoms with van der Waals surface area (Å²) in [6, 6.07) is 14.4. The highest BCUT2D eigenvalue weighted by molar-refractivity contribution is 7.93. The molecule has 17 heteroatoms. The normalized spacial score (nSPS) is 12.2. The third kappa shape index (κ3) is 5.36. The van der Waals surface area contributed by atoms with Gasteiger partial charge in [0.25, 0.3) is 31.4 Å². The van der Waals surface area contributed by atoms with Crippen molar-refractivity contribution in [3.05, 3.63) is 104 Å². The summed E-state index contributed by atoms with van der Waals surface area (Å²) in [6.45, 7) is 0. The average molecular weight is 641 g/mol. The predicted octanol–water partition coefficient (Wildman–Crippen LogP) is 4.33. The fourth-order valence-corrected chi connectivity index (χ4v) is 6.78. The zero-order valence-corrected chi connectivity index (χ0v) is 24.3. The second-order valence-electron chi connectivity index (χ2n) is 9.24. The van der Waals surface area contributed by atoms with Gasteiger partial charge in [-0.3, -0.25) is 34.5 Å². The van der Waals surface area contributed by atoms with Crippen LogP contribution in [0, 0.1) is 20.2 Å². The maximum Gasteiger partial charge on any atom is 0.279 e. The van der Waals surface area contributed by atoms with Crippen molar-refractivity contribution < 1.29 is 41.0 Å². The minimum atomic E-state index is -4.51. The van der Waals surface area contributed by atoms with Crippen molar-refractivity contribution in [1.29, 1.82) is 0 Å². The quantitative estimate of drug-likeness (QED) is 0.162. The Morgan fingerprint density at radius 3 is 1.25 bits per heavy atom. The minimum Gasteiger partial charge on any atom is -0.497 e. The molecule has 0 fully saturated rings. The Labute approximate surface area is 249 Å². The summed E-state index contributed by atoms with van der Waals surface area (Å²) in [4.78, 5) is 34.5. The molecule has 0 unspecified atom stereocenters. The predicted molar refractivity (Wildman–Crippen MR) is 156 cm³/mol. The molecule has 0 saturated carbocycles. The molecule has 44 heavy (non-hydrogen) atoms. The zero-order chi connectivity index (χ0) is 32.0. The molecule has 0 bridgehead atoms. The van der Waals surface area contributed by atoms with Crippen LogP contribution in [0.2, 0.25) is 0 Å². The molecule has 0 aliphatic heterocycles. The minimum absolute atomic E-state index is 0.0819. The van der Waals surface area contributed by atoms with Crippen molar-refractivity contribution in [2.75, 3.05) is 23.7 Å². The van der Waals surface area contributed by atoms with Gasteiger partial charge in [-0.15, -0.1) is 0 Å². The fourth-order valence-electron chi connectivity index (χ4n) is 4.58. The number of nitro groups is 2. The van der Waals surface area contributed by atoms with Gasteiger partial charge in [0.05, 0.1) is 45.0 Å². The van der Waals surface area contributed by atoms with E-state index in [1.165, 1.54) is 62.8 Å². The Kier molecular flexibility index (Phi) is 7.44. The topological polar surface area (TPSA) is 214 Å². The van der Waals surface area contributed by atoms with Crippen LogP contribution >= 0.6 is 0 Å². The number of hydrogen-bond acceptors (Lipinski definition) is 11. The average Bonchev–Trinajstić information content (AvgIpc) is 3.28. The van der Waals surface area contributed by atoms with E-state index in [9.17, 15) is 41.9 Å². The smallest absolute Gasteiger partial charge is 0.279 e. The lowest BCUT2D eigenvalue weighted by atomic mass is 10.0. The molecule has 0 radical (unpaired) electrons. The summed E-state index contributed by atoms with van der Waals surface area (Å²) in [5.41, 5.74) is -3.69. The van der Waals surface area contributed by atoms with E-state index in [4.69, 9.17) is 9.47 Å². The van der Waals surface area contributed by atoms with E-state index in [0.29, 0.717) is 23.6 Å². The second kappa shape index (κ2) is 10.9. The van der Waals surface area contributed by atoms with Gasteiger partial charge in [0, 0.05) is 34.6 Å². The Morgan fingerprint density at radius 1 is 0.614 bits per heavy atom. The first-order chi connectivity index (χ1) is 20.8. The lowest BCUT2D eigenvalue weighted by Crippen LogP contribution is -2.14. The van der Waals surface area contributed by atoms with Gasteiger partial charge >= 0.3 is 0 Å². The van der Waals surface area contributed by atoms with Gasteiger partial charge in [0.2, 0.25) is 0 Å². The third-order valence-corrected chi connectivity index (χ3v) is 9.34. The molecule has 226 valence electrons. The van der Waals surface area contributed by atoms with Gasteiger partial charge in [0.1, 0.15) is 11.5 Å². The van der Waals surface area contributed by atoms with Crippen LogP contribution in [0.4, 0.5) is 22.7 Å². The van der Waals surface area contributed by atoms with Gasteiger partial charge in [0.15, 0.2) is 5.78 Å². The summed E-state index contributed by atoms with van der Waals surface area (Å²) >= 11 is 0. The summed E-state index contributed by atoms with van der Waals surface area (Å²) < 4.78 is 67.4. The molecule has 15 nitrogen and oxygen atoms in total. The van der Waals surface area contributed by atoms with E-state index in [1.54, 1.807) is 0 Å². The number of methoxy groups -OCH3 is 2. The molecule has 0 heterocycles. The first-order valence-electron chi connectivity index (χ1n) is 12.3. The highest BCUT2D eigenvalue weighted by Crippen LogP contribution is 2.49. The van der Waals surface area contributed by atoms with E-state index in [-0.39, 0.29) is 11.4 Å². The summed E-state index contributed by atoms with van der Waals surface area (Å²) in [5.74, 6) is -0.164. The highest BCUT2D eigenvalue weighted by Gasteiger charge is 2.41. The standard InChI is InChI=1S/C27H20N4O11S2/c1-41-17-7-3-15(4-8-17)28-43(37,38)19-11-21-25(23(13-19)30(33)34)26-22(27(21)32)12-20(14-24(26)31(35)36)44(39,40)29-16-5-9-18(42-2)10-6-16/h3-14,28-29H,1-2H3. The maximum atomic E-state index is 13.6. The number of ether oxygens (including phenoxy) is 2. The molecule has 4 aromatic carbocycles. The number of rotatable bonds is 10. The third-order valence-electron chi connectivity index (χ3n) is 6.62. The Balaban J connectivity index is 1.62. The van der Waals surface area contributed by atoms with Crippen LogP contribution < -0.4 is 18.9 Å². The molecule has 1 aliphatic carbocycles. The van der Waals surface area contributed by atoms with Gasteiger partial charge < -0.3 is 9.47 Å². The molecule has 5 rings (SSSR count). The van der Waals surface area contributed by atoms with Crippen LogP contribution in [0.5, 0.6) is 11.5 Å². The number of nitrogens with zero attached hydrogens (tertiary/aromatic N) is 2. The van der Waals surface area contributed by atoms with Crippen molar-refractivity contribution in [1.82, 2.24) is 0 Å². The van der Waals surface area contributed by atoms with Gasteiger partial charge in [-0.1, -0.05) is 0 Å². The van der Waals surface area contributed by atoms with E-state index < -0.39 is 79.1 Å². The molecule has 0 aromatic heterocycles. The summed E-state index contributed by atoms with van der Waals surface area (Å²) in [5, 5.41) is 24.2. The first-order valence-corrected chi connectivity index (χ1v) is 15.3. The maximum absolute atomic E-state index is 13.6. The van der Waals surface area contributed by atoms with E-state index in [2.05, 4.69) is 9.44 Å². The molecule has 4 aromatic rings. The number of sulfonamides is 2. The highest BCUT2D eigenvalue weighted by atomic mass is 32.2. The SMILES string of the molecule is COc1ccc(NS(=O)(=O)c2cc3c(c([N+](=O)[O-])c2)-c2c(cc(S(=O)(=O)Nc4ccc(OC)cc4)cc2[N+](=O)[O-])C3=O)cc1. The molecule has 0 saturated heterocycles. The second-order valence-corrected chi connectivity index (χ2v) is 12.6. The monoisotopic (exact) mass is 640 g/mol. The van der Waals surface area contributed by atoms with Crippen molar-refractivity contribution in [3.8, 4) is 22.6 Å². The lowest BCUT2D eigenvalue weighted by molar-refractivity contribution is -0.386. The fraction of sp³-hybridized carbons (Fsp3) is 0.0741. The van der Waals surface area contributed by atoms with Crippen molar-refractivity contribution in [2.45, 2.75) is 9.79 Å². The number of hydrogen-bond donors (Lipinski definition) is 2. The van der Waals surface area contributed by atoms with Gasteiger partial charge in [-0.05, 0) is 60.7 Å². The van der Waals surface area contributed by atoms with Crippen LogP contribution in [-0.2, 0) is 20.0 Å². The van der Waals surface area contributed by atoms with Crippen molar-refractivity contribution >= 4 is 48.6 Å². The number of carbonyl (C=O) groups is 1. The summed E-state index contributed by atoms with van der Waals surface area (Å²) in [7, 11) is -6.20. The molecular weight excluding hydrogens is 620 g/mol. The molecule has 0 atom stereocenters. The van der Waals surface area contributed by atoms with E-state index in [1.807, 2.05) is 0 Å². The Hall–Kier alpha value is -5.55. The zero-order valence-electron chi connectivity index (χ0n) is 22.6. The van der Waals surface area contributed by atoms with Crippen LogP contribution in [0.25, 0.3) is 11.1 Å². The number of nitrogens with one attached hydrogen (secondary N) is 2. The van der Waals surface area contributed by atoms with Crippen LogP contribution in [-0.4, -0.2) is 46.7 Å². The number of carbonyl (C=O) groups excluding carboxylic acids is 1.